The summed E-state index contributed by atoms with van der Waals surface area (Å²) in [6.07, 6.45) is 0.713. The van der Waals surface area contributed by atoms with E-state index in [-0.39, 0.29) is 6.54 Å². The smallest absolute Gasteiger partial charge is 0.277 e. The molecule has 0 spiro atoms. The van der Waals surface area contributed by atoms with Gasteiger partial charge >= 0.3 is 0 Å². The van der Waals surface area contributed by atoms with Crippen LogP contribution < -0.4 is 15.2 Å². The Labute approximate surface area is 86.6 Å². The highest BCUT2D eigenvalue weighted by molar-refractivity contribution is 7.87. The predicted molar refractivity (Wildman–Crippen MR) is 58.0 cm³/mol. The minimum Gasteiger partial charge on any atom is -0.329 e. The number of nitrogens with two attached hydrogens (primary N) is 1. The van der Waals surface area contributed by atoms with Crippen LogP contribution in [0.15, 0.2) is 0 Å². The number of nitrogens with one attached hydrogen (secondary N) is 2. The summed E-state index contributed by atoms with van der Waals surface area (Å²) >= 11 is 0. The van der Waals surface area contributed by atoms with Gasteiger partial charge in [-0.25, -0.2) is 4.72 Å². The van der Waals surface area contributed by atoms with Crippen LogP contribution >= 0.6 is 0 Å². The standard InChI is InChI=1S/C8H21N3O2S/c1-7(2)5-8(3,6-9)11-14(12,13)10-4/h7,10-11H,5-6,9H2,1-4H3. The van der Waals surface area contributed by atoms with Gasteiger partial charge < -0.3 is 5.73 Å². The first-order valence-corrected chi connectivity index (χ1v) is 6.15. The Morgan fingerprint density at radius 1 is 1.43 bits per heavy atom. The summed E-state index contributed by atoms with van der Waals surface area (Å²) < 4.78 is 27.3. The molecule has 1 atom stereocenters. The van der Waals surface area contributed by atoms with Crippen LogP contribution in [0.3, 0.4) is 0 Å². The third-order valence-corrected chi connectivity index (χ3v) is 3.26. The summed E-state index contributed by atoms with van der Waals surface area (Å²) in [4.78, 5) is 0. The fraction of sp³-hybridized carbons (Fsp3) is 1.00. The minimum absolute atomic E-state index is 0.284. The van der Waals surface area contributed by atoms with E-state index in [0.29, 0.717) is 12.3 Å². The van der Waals surface area contributed by atoms with Crippen LogP contribution in [0.4, 0.5) is 0 Å². The fourth-order valence-electron chi connectivity index (χ4n) is 1.44. The molecule has 0 aliphatic rings. The monoisotopic (exact) mass is 223 g/mol. The molecular weight excluding hydrogens is 202 g/mol. The van der Waals surface area contributed by atoms with E-state index in [0.717, 1.165) is 0 Å². The summed E-state index contributed by atoms with van der Waals surface area (Å²) in [5.74, 6) is 0.392. The van der Waals surface area contributed by atoms with E-state index in [9.17, 15) is 8.42 Å². The summed E-state index contributed by atoms with van der Waals surface area (Å²) in [5, 5.41) is 0. The molecule has 0 aromatic rings. The summed E-state index contributed by atoms with van der Waals surface area (Å²) in [5.41, 5.74) is 4.99. The Bertz CT molecular complexity index is 264. The maximum absolute atomic E-state index is 11.3. The van der Waals surface area contributed by atoms with Gasteiger partial charge in [-0.2, -0.15) is 13.1 Å². The van der Waals surface area contributed by atoms with Crippen molar-refractivity contribution in [2.24, 2.45) is 11.7 Å². The van der Waals surface area contributed by atoms with Crippen molar-refractivity contribution in [1.82, 2.24) is 9.44 Å². The highest BCUT2D eigenvalue weighted by Crippen LogP contribution is 2.15. The third kappa shape index (κ3) is 4.90. The van der Waals surface area contributed by atoms with Crippen molar-refractivity contribution in [1.29, 1.82) is 0 Å². The van der Waals surface area contributed by atoms with Gasteiger partial charge in [-0.1, -0.05) is 13.8 Å². The topological polar surface area (TPSA) is 84.2 Å². The lowest BCUT2D eigenvalue weighted by molar-refractivity contribution is 0.343. The highest BCUT2D eigenvalue weighted by Gasteiger charge is 2.28. The molecule has 0 aromatic carbocycles. The van der Waals surface area contributed by atoms with Crippen molar-refractivity contribution in [2.45, 2.75) is 32.7 Å². The molecule has 86 valence electrons. The highest BCUT2D eigenvalue weighted by atomic mass is 32.2. The van der Waals surface area contributed by atoms with E-state index >= 15 is 0 Å². The van der Waals surface area contributed by atoms with Gasteiger partial charge in [0, 0.05) is 19.1 Å². The molecule has 14 heavy (non-hydrogen) atoms. The molecule has 0 fully saturated rings. The largest absolute Gasteiger partial charge is 0.329 e. The molecule has 0 saturated heterocycles. The molecule has 6 heteroatoms. The van der Waals surface area contributed by atoms with Crippen LogP contribution in [0.25, 0.3) is 0 Å². The van der Waals surface area contributed by atoms with Gasteiger partial charge in [-0.05, 0) is 19.3 Å². The van der Waals surface area contributed by atoms with E-state index in [1.807, 2.05) is 20.8 Å². The second-order valence-electron chi connectivity index (χ2n) is 4.17. The molecule has 1 unspecified atom stereocenters. The van der Waals surface area contributed by atoms with E-state index in [1.165, 1.54) is 7.05 Å². The van der Waals surface area contributed by atoms with Gasteiger partial charge in [0.15, 0.2) is 0 Å². The van der Waals surface area contributed by atoms with Crippen molar-refractivity contribution in [2.75, 3.05) is 13.6 Å². The summed E-state index contributed by atoms with van der Waals surface area (Å²) in [6.45, 7) is 6.15. The second kappa shape index (κ2) is 5.06. The normalized spacial score (nSPS) is 17.0. The van der Waals surface area contributed by atoms with Gasteiger partial charge in [-0.15, -0.1) is 0 Å². The lowest BCUT2D eigenvalue weighted by atomic mass is 9.92. The Morgan fingerprint density at radius 3 is 2.21 bits per heavy atom. The fourth-order valence-corrected chi connectivity index (χ4v) is 2.36. The van der Waals surface area contributed by atoms with Crippen LogP contribution in [0.2, 0.25) is 0 Å². The molecule has 0 rings (SSSR count). The van der Waals surface area contributed by atoms with E-state index < -0.39 is 15.7 Å². The van der Waals surface area contributed by atoms with Crippen LogP contribution in [-0.2, 0) is 10.2 Å². The Kier molecular flexibility index (Phi) is 5.00. The van der Waals surface area contributed by atoms with Crippen LogP contribution in [-0.4, -0.2) is 27.5 Å². The van der Waals surface area contributed by atoms with Crippen molar-refractivity contribution in [3.05, 3.63) is 0 Å². The van der Waals surface area contributed by atoms with E-state index in [4.69, 9.17) is 5.73 Å². The SMILES string of the molecule is CNS(=O)(=O)NC(C)(CN)CC(C)C. The van der Waals surface area contributed by atoms with Crippen molar-refractivity contribution >= 4 is 10.2 Å². The Hall–Kier alpha value is -0.170. The lowest BCUT2D eigenvalue weighted by Crippen LogP contribution is -2.54. The van der Waals surface area contributed by atoms with Gasteiger partial charge in [0.25, 0.3) is 10.2 Å². The zero-order chi connectivity index (χ0) is 11.4. The molecule has 0 aliphatic heterocycles. The first-order valence-electron chi connectivity index (χ1n) is 4.67. The quantitative estimate of drug-likeness (QED) is 0.583. The molecule has 0 radical (unpaired) electrons. The molecule has 0 aliphatic carbocycles. The van der Waals surface area contributed by atoms with Crippen LogP contribution in [0.1, 0.15) is 27.2 Å². The minimum atomic E-state index is -3.41. The van der Waals surface area contributed by atoms with Crippen molar-refractivity contribution in [3.8, 4) is 0 Å². The van der Waals surface area contributed by atoms with Gasteiger partial charge in [-0.3, -0.25) is 0 Å². The molecule has 0 saturated carbocycles. The molecule has 0 bridgehead atoms. The molecule has 0 aromatic heterocycles. The van der Waals surface area contributed by atoms with E-state index in [2.05, 4.69) is 9.44 Å². The zero-order valence-electron chi connectivity index (χ0n) is 9.29. The van der Waals surface area contributed by atoms with Crippen molar-refractivity contribution in [3.63, 3.8) is 0 Å². The van der Waals surface area contributed by atoms with Gasteiger partial charge in [0.05, 0.1) is 0 Å². The molecular formula is C8H21N3O2S. The molecule has 4 N–H and O–H groups in total. The van der Waals surface area contributed by atoms with E-state index in [1.54, 1.807) is 0 Å². The average Bonchev–Trinajstić information content (AvgIpc) is 2.02. The number of hydrogen-bond acceptors (Lipinski definition) is 3. The summed E-state index contributed by atoms with van der Waals surface area (Å²) in [6, 6.07) is 0. The molecule has 5 nitrogen and oxygen atoms in total. The Balaban J connectivity index is 4.56. The maximum Gasteiger partial charge on any atom is 0.277 e. The van der Waals surface area contributed by atoms with Gasteiger partial charge in [0.2, 0.25) is 0 Å². The van der Waals surface area contributed by atoms with Crippen molar-refractivity contribution < 1.29 is 8.42 Å². The third-order valence-electron chi connectivity index (χ3n) is 1.96. The van der Waals surface area contributed by atoms with Crippen LogP contribution in [0.5, 0.6) is 0 Å². The number of hydrogen-bond donors (Lipinski definition) is 3. The Morgan fingerprint density at radius 2 is 1.93 bits per heavy atom. The average molecular weight is 223 g/mol. The molecule has 0 heterocycles. The second-order valence-corrected chi connectivity index (χ2v) is 5.79. The number of rotatable bonds is 6. The predicted octanol–water partition coefficient (Wildman–Crippen LogP) is -0.196. The molecule has 0 amide bonds. The first kappa shape index (κ1) is 13.8. The van der Waals surface area contributed by atoms with Crippen LogP contribution in [0, 0.1) is 5.92 Å². The zero-order valence-corrected chi connectivity index (χ0v) is 10.1. The van der Waals surface area contributed by atoms with Gasteiger partial charge in [0.1, 0.15) is 0 Å². The maximum atomic E-state index is 11.3. The first-order chi connectivity index (χ1) is 6.24. The summed E-state index contributed by atoms with van der Waals surface area (Å²) in [7, 11) is -2.05. The lowest BCUT2D eigenvalue weighted by Gasteiger charge is -2.30.